The number of rotatable bonds is 3. The summed E-state index contributed by atoms with van der Waals surface area (Å²) in [7, 11) is -3.96. The average Bonchev–Trinajstić information content (AvgIpc) is 2.50. The zero-order valence-corrected chi connectivity index (χ0v) is 13.2. The molecule has 0 amide bonds. The van der Waals surface area contributed by atoms with Crippen molar-refractivity contribution in [3.8, 4) is 0 Å². The summed E-state index contributed by atoms with van der Waals surface area (Å²) in [5.74, 6) is -0.485. The number of halogens is 1. The van der Waals surface area contributed by atoms with Crippen LogP contribution in [0.4, 0.5) is 10.1 Å². The number of anilines is 1. The van der Waals surface area contributed by atoms with E-state index in [2.05, 4.69) is 14.7 Å². The van der Waals surface area contributed by atoms with Crippen molar-refractivity contribution < 1.29 is 12.8 Å². The number of hydrogen-bond donors (Lipinski definition) is 3. The lowest BCUT2D eigenvalue weighted by atomic mass is 10.2. The minimum absolute atomic E-state index is 0.0676. The molecule has 0 fully saturated rings. The summed E-state index contributed by atoms with van der Waals surface area (Å²) in [6, 6.07) is 7.56. The third-order valence-electron chi connectivity index (χ3n) is 3.40. The highest BCUT2D eigenvalue weighted by Crippen LogP contribution is 2.22. The minimum Gasteiger partial charge on any atom is -0.316 e. The van der Waals surface area contributed by atoms with Gasteiger partial charge in [0.25, 0.3) is 10.0 Å². The molecule has 0 unspecified atom stereocenters. The van der Waals surface area contributed by atoms with Crippen molar-refractivity contribution in [2.45, 2.75) is 11.8 Å². The van der Waals surface area contributed by atoms with E-state index < -0.39 is 27.0 Å². The van der Waals surface area contributed by atoms with Crippen LogP contribution >= 0.6 is 0 Å². The van der Waals surface area contributed by atoms with Gasteiger partial charge in [0, 0.05) is 5.69 Å². The molecule has 24 heavy (non-hydrogen) atoms. The quantitative estimate of drug-likeness (QED) is 0.622. The molecular formula is C15H12FN3O4S. The Hall–Kier alpha value is -2.94. The first-order valence-corrected chi connectivity index (χ1v) is 8.30. The number of aryl methyl sites for hydroxylation is 1. The van der Waals surface area contributed by atoms with E-state index in [1.54, 1.807) is 6.92 Å². The van der Waals surface area contributed by atoms with Gasteiger partial charge in [-0.05, 0) is 48.9 Å². The summed E-state index contributed by atoms with van der Waals surface area (Å²) in [6.07, 6.45) is 0. The fourth-order valence-corrected chi connectivity index (χ4v) is 3.58. The van der Waals surface area contributed by atoms with Gasteiger partial charge < -0.3 is 9.97 Å². The maximum atomic E-state index is 12.9. The Morgan fingerprint density at radius 2 is 1.50 bits per heavy atom. The van der Waals surface area contributed by atoms with Crippen molar-refractivity contribution in [1.82, 2.24) is 9.97 Å². The lowest BCUT2D eigenvalue weighted by molar-refractivity contribution is 0.600. The molecule has 0 aliphatic carbocycles. The van der Waals surface area contributed by atoms with Crippen LogP contribution in [0.25, 0.3) is 11.0 Å². The summed E-state index contributed by atoms with van der Waals surface area (Å²) < 4.78 is 40.3. The van der Waals surface area contributed by atoms with Gasteiger partial charge in [-0.25, -0.2) is 12.8 Å². The van der Waals surface area contributed by atoms with Crippen LogP contribution in [-0.2, 0) is 10.0 Å². The minimum atomic E-state index is -3.96. The van der Waals surface area contributed by atoms with Crippen molar-refractivity contribution in [3.63, 3.8) is 0 Å². The van der Waals surface area contributed by atoms with E-state index in [4.69, 9.17) is 0 Å². The van der Waals surface area contributed by atoms with Crippen molar-refractivity contribution in [3.05, 3.63) is 68.5 Å². The van der Waals surface area contributed by atoms with Gasteiger partial charge in [-0.2, -0.15) is 0 Å². The monoisotopic (exact) mass is 349 g/mol. The maximum Gasteiger partial charge on any atom is 0.314 e. The normalized spacial score (nSPS) is 11.6. The summed E-state index contributed by atoms with van der Waals surface area (Å²) in [6.45, 7) is 1.56. The van der Waals surface area contributed by atoms with Crippen LogP contribution in [0.1, 0.15) is 5.56 Å². The molecule has 0 saturated carbocycles. The van der Waals surface area contributed by atoms with E-state index >= 15 is 0 Å². The third-order valence-corrected chi connectivity index (χ3v) is 4.93. The molecule has 0 radical (unpaired) electrons. The molecule has 9 heteroatoms. The smallest absolute Gasteiger partial charge is 0.314 e. The highest BCUT2D eigenvalue weighted by Gasteiger charge is 2.18. The Labute approximate surface area is 135 Å². The van der Waals surface area contributed by atoms with Crippen LogP contribution < -0.4 is 15.8 Å². The second kappa shape index (κ2) is 5.60. The molecule has 3 rings (SSSR count). The zero-order valence-electron chi connectivity index (χ0n) is 12.4. The molecule has 2 aromatic carbocycles. The molecule has 0 saturated heterocycles. The first kappa shape index (κ1) is 15.9. The first-order chi connectivity index (χ1) is 11.3. The first-order valence-electron chi connectivity index (χ1n) is 6.81. The maximum absolute atomic E-state index is 12.9. The van der Waals surface area contributed by atoms with Gasteiger partial charge in [0.2, 0.25) is 0 Å². The Balaban J connectivity index is 2.11. The van der Waals surface area contributed by atoms with E-state index in [1.807, 2.05) is 0 Å². The van der Waals surface area contributed by atoms with Crippen LogP contribution in [0.5, 0.6) is 0 Å². The molecule has 3 N–H and O–H groups in total. The second-order valence-electron chi connectivity index (χ2n) is 5.18. The van der Waals surface area contributed by atoms with Crippen molar-refractivity contribution in [1.29, 1.82) is 0 Å². The Morgan fingerprint density at radius 3 is 2.08 bits per heavy atom. The molecule has 3 aromatic rings. The Kier molecular flexibility index (Phi) is 3.72. The summed E-state index contributed by atoms with van der Waals surface area (Å²) >= 11 is 0. The van der Waals surface area contributed by atoms with Gasteiger partial charge in [0.15, 0.2) is 0 Å². The van der Waals surface area contributed by atoms with Crippen molar-refractivity contribution in [2.24, 2.45) is 0 Å². The number of sulfonamides is 1. The molecule has 0 atom stereocenters. The lowest BCUT2D eigenvalue weighted by Crippen LogP contribution is -2.29. The number of fused-ring (bicyclic) bond motifs is 1. The average molecular weight is 349 g/mol. The highest BCUT2D eigenvalue weighted by atomic mass is 32.2. The number of benzene rings is 2. The molecule has 0 aliphatic rings. The van der Waals surface area contributed by atoms with Gasteiger partial charge in [0.05, 0.1) is 15.9 Å². The molecule has 124 valence electrons. The second-order valence-corrected chi connectivity index (χ2v) is 6.83. The fraction of sp³-hybridized carbons (Fsp3) is 0.0667. The van der Waals surface area contributed by atoms with Crippen LogP contribution in [-0.4, -0.2) is 18.4 Å². The molecule has 1 aromatic heterocycles. The molecule has 1 heterocycles. The van der Waals surface area contributed by atoms with E-state index in [9.17, 15) is 22.4 Å². The van der Waals surface area contributed by atoms with E-state index in [0.29, 0.717) is 11.1 Å². The van der Waals surface area contributed by atoms with Crippen LogP contribution in [0.2, 0.25) is 0 Å². The summed E-state index contributed by atoms with van der Waals surface area (Å²) in [5, 5.41) is 0. The van der Waals surface area contributed by atoms with E-state index in [-0.39, 0.29) is 16.1 Å². The van der Waals surface area contributed by atoms with Crippen LogP contribution in [0.15, 0.2) is 50.9 Å². The Bertz CT molecular complexity index is 1150. The predicted molar refractivity (Wildman–Crippen MR) is 87.1 cm³/mol. The van der Waals surface area contributed by atoms with Gasteiger partial charge in [-0.3, -0.25) is 14.3 Å². The predicted octanol–water partition coefficient (Wildman–Crippen LogP) is 1.46. The van der Waals surface area contributed by atoms with Crippen LogP contribution in [0.3, 0.4) is 0 Å². The van der Waals surface area contributed by atoms with Crippen molar-refractivity contribution in [2.75, 3.05) is 4.72 Å². The van der Waals surface area contributed by atoms with Crippen molar-refractivity contribution >= 4 is 26.7 Å². The van der Waals surface area contributed by atoms with Gasteiger partial charge in [0.1, 0.15) is 5.82 Å². The molecule has 7 nitrogen and oxygen atoms in total. The largest absolute Gasteiger partial charge is 0.316 e. The van der Waals surface area contributed by atoms with E-state index in [1.165, 1.54) is 24.3 Å². The number of nitrogens with one attached hydrogen (secondary N) is 3. The lowest BCUT2D eigenvalue weighted by Gasteiger charge is -2.11. The van der Waals surface area contributed by atoms with Gasteiger partial charge >= 0.3 is 11.1 Å². The third kappa shape index (κ3) is 2.93. The number of aromatic amines is 2. The summed E-state index contributed by atoms with van der Waals surface area (Å²) in [5.41, 5.74) is -0.615. The highest BCUT2D eigenvalue weighted by molar-refractivity contribution is 7.92. The summed E-state index contributed by atoms with van der Waals surface area (Å²) in [4.78, 5) is 27.4. The zero-order chi connectivity index (χ0) is 17.5. The van der Waals surface area contributed by atoms with E-state index in [0.717, 1.165) is 12.1 Å². The van der Waals surface area contributed by atoms with Gasteiger partial charge in [-0.1, -0.05) is 0 Å². The van der Waals surface area contributed by atoms with Gasteiger partial charge in [-0.15, -0.1) is 0 Å². The molecule has 0 bridgehead atoms. The number of hydrogen-bond acceptors (Lipinski definition) is 4. The standard InChI is InChI=1S/C15H12FN3O4S/c1-8-6-11-12(18-15(21)14(20)17-11)7-13(8)24(22,23)19-10-4-2-9(16)3-5-10/h2-7,19H,1H3,(H,17,20)(H,18,21). The molecule has 0 spiro atoms. The SMILES string of the molecule is Cc1cc2[nH]c(=O)c(=O)[nH]c2cc1S(=O)(=O)Nc1ccc(F)cc1. The van der Waals surface area contributed by atoms with Crippen LogP contribution in [0, 0.1) is 12.7 Å². The molecule has 0 aliphatic heterocycles. The number of H-pyrrole nitrogens is 2. The fourth-order valence-electron chi connectivity index (χ4n) is 2.27. The molecular weight excluding hydrogens is 337 g/mol. The number of aromatic nitrogens is 2. The Morgan fingerprint density at radius 1 is 0.958 bits per heavy atom. The topological polar surface area (TPSA) is 112 Å².